The van der Waals surface area contributed by atoms with Crippen LogP contribution in [0.1, 0.15) is 28.1 Å². The summed E-state index contributed by atoms with van der Waals surface area (Å²) in [7, 11) is 0. The summed E-state index contributed by atoms with van der Waals surface area (Å²) < 4.78 is 6.40. The molecule has 0 radical (unpaired) electrons. The molecule has 5 heteroatoms. The molecule has 3 rings (SSSR count). The number of hydrogen-bond acceptors (Lipinski definition) is 4. The van der Waals surface area contributed by atoms with Crippen molar-refractivity contribution in [1.82, 2.24) is 5.32 Å². The van der Waals surface area contributed by atoms with E-state index >= 15 is 0 Å². The standard InChI is InChI=1S/C16H19NO3S/c18-16(19)15-13(12-3-1-2-4-14(12)21-15)9-17-7-5-11-6-8-20-10-11/h1-4,11,17H,5-10H2,(H,18,19). The van der Waals surface area contributed by atoms with Gasteiger partial charge < -0.3 is 15.2 Å². The molecule has 1 aromatic heterocycles. The van der Waals surface area contributed by atoms with Crippen molar-refractivity contribution in [3.8, 4) is 0 Å². The zero-order valence-corrected chi connectivity index (χ0v) is 12.6. The van der Waals surface area contributed by atoms with Crippen LogP contribution < -0.4 is 5.32 Å². The van der Waals surface area contributed by atoms with Crippen molar-refractivity contribution >= 4 is 27.4 Å². The highest BCUT2D eigenvalue weighted by atomic mass is 32.1. The molecule has 2 heterocycles. The summed E-state index contributed by atoms with van der Waals surface area (Å²) in [6, 6.07) is 7.88. The molecule has 1 fully saturated rings. The Morgan fingerprint density at radius 3 is 3.05 bits per heavy atom. The van der Waals surface area contributed by atoms with Crippen molar-refractivity contribution < 1.29 is 14.6 Å². The van der Waals surface area contributed by atoms with Crippen LogP contribution in [0.5, 0.6) is 0 Å². The molecule has 0 saturated carbocycles. The molecule has 2 N–H and O–H groups in total. The van der Waals surface area contributed by atoms with E-state index in [0.717, 1.165) is 48.2 Å². The van der Waals surface area contributed by atoms with E-state index in [4.69, 9.17) is 4.74 Å². The lowest BCUT2D eigenvalue weighted by atomic mass is 10.1. The maximum absolute atomic E-state index is 11.4. The quantitative estimate of drug-likeness (QED) is 0.805. The van der Waals surface area contributed by atoms with E-state index in [0.29, 0.717) is 17.3 Å². The number of benzene rings is 1. The lowest BCUT2D eigenvalue weighted by Gasteiger charge is -2.09. The summed E-state index contributed by atoms with van der Waals surface area (Å²) in [6.45, 7) is 3.25. The fourth-order valence-corrected chi connectivity index (χ4v) is 3.84. The zero-order chi connectivity index (χ0) is 14.7. The van der Waals surface area contributed by atoms with E-state index in [1.807, 2.05) is 24.3 Å². The zero-order valence-electron chi connectivity index (χ0n) is 11.8. The van der Waals surface area contributed by atoms with Gasteiger partial charge in [-0.05, 0) is 42.3 Å². The SMILES string of the molecule is O=C(O)c1sc2ccccc2c1CNCCC1CCOC1. The summed E-state index contributed by atoms with van der Waals surface area (Å²) in [5, 5.41) is 13.8. The molecule has 1 aliphatic heterocycles. The van der Waals surface area contributed by atoms with E-state index in [-0.39, 0.29) is 0 Å². The second kappa shape index (κ2) is 6.56. The van der Waals surface area contributed by atoms with Crippen LogP contribution in [-0.4, -0.2) is 30.8 Å². The number of thiophene rings is 1. The van der Waals surface area contributed by atoms with Gasteiger partial charge in [0, 0.05) is 24.5 Å². The summed E-state index contributed by atoms with van der Waals surface area (Å²) >= 11 is 1.36. The van der Waals surface area contributed by atoms with Gasteiger partial charge in [0.1, 0.15) is 4.88 Å². The monoisotopic (exact) mass is 305 g/mol. The Morgan fingerprint density at radius 2 is 2.29 bits per heavy atom. The molecule has 1 unspecified atom stereocenters. The highest BCUT2D eigenvalue weighted by Crippen LogP contribution is 2.31. The number of ether oxygens (including phenoxy) is 1. The molecule has 1 atom stereocenters. The summed E-state index contributed by atoms with van der Waals surface area (Å²) in [6.07, 6.45) is 2.23. The van der Waals surface area contributed by atoms with E-state index < -0.39 is 5.97 Å². The lowest BCUT2D eigenvalue weighted by Crippen LogP contribution is -2.19. The maximum Gasteiger partial charge on any atom is 0.346 e. The first-order chi connectivity index (χ1) is 10.3. The average Bonchev–Trinajstić information content (AvgIpc) is 3.11. The molecule has 0 amide bonds. The van der Waals surface area contributed by atoms with Gasteiger partial charge in [0.25, 0.3) is 0 Å². The molecule has 4 nitrogen and oxygen atoms in total. The number of hydrogen-bond donors (Lipinski definition) is 2. The van der Waals surface area contributed by atoms with Crippen molar-refractivity contribution in [1.29, 1.82) is 0 Å². The molecular weight excluding hydrogens is 286 g/mol. The van der Waals surface area contributed by atoms with Gasteiger partial charge in [-0.15, -0.1) is 11.3 Å². The largest absolute Gasteiger partial charge is 0.477 e. The van der Waals surface area contributed by atoms with Gasteiger partial charge in [0.2, 0.25) is 0 Å². The van der Waals surface area contributed by atoms with Crippen molar-refractivity contribution in [3.05, 3.63) is 34.7 Å². The number of aromatic carboxylic acids is 1. The van der Waals surface area contributed by atoms with E-state index in [9.17, 15) is 9.90 Å². The molecule has 0 spiro atoms. The van der Waals surface area contributed by atoms with E-state index in [2.05, 4.69) is 5.32 Å². The molecule has 21 heavy (non-hydrogen) atoms. The Labute approximate surface area is 127 Å². The third-order valence-corrected chi connectivity index (χ3v) is 5.15. The molecule has 0 bridgehead atoms. The van der Waals surface area contributed by atoms with Crippen LogP contribution in [-0.2, 0) is 11.3 Å². The summed E-state index contributed by atoms with van der Waals surface area (Å²) in [5.41, 5.74) is 0.908. The first-order valence-electron chi connectivity index (χ1n) is 7.28. The average molecular weight is 305 g/mol. The van der Waals surface area contributed by atoms with Crippen LogP contribution >= 0.6 is 11.3 Å². The van der Waals surface area contributed by atoms with Crippen molar-refractivity contribution in [2.75, 3.05) is 19.8 Å². The predicted octanol–water partition coefficient (Wildman–Crippen LogP) is 3.12. The maximum atomic E-state index is 11.4. The minimum absolute atomic E-state index is 0.452. The molecule has 112 valence electrons. The Bertz CT molecular complexity index is 631. The highest BCUT2D eigenvalue weighted by molar-refractivity contribution is 7.21. The Morgan fingerprint density at radius 1 is 1.43 bits per heavy atom. The van der Waals surface area contributed by atoms with Crippen LogP contribution in [0, 0.1) is 5.92 Å². The number of nitrogens with one attached hydrogen (secondary N) is 1. The topological polar surface area (TPSA) is 58.6 Å². The van der Waals surface area contributed by atoms with Crippen molar-refractivity contribution in [2.45, 2.75) is 19.4 Å². The Hall–Kier alpha value is -1.43. The molecular formula is C16H19NO3S. The van der Waals surface area contributed by atoms with Gasteiger partial charge in [-0.25, -0.2) is 4.79 Å². The minimum atomic E-state index is -0.836. The minimum Gasteiger partial charge on any atom is -0.477 e. The number of rotatable bonds is 6. The third kappa shape index (κ3) is 3.26. The molecule has 1 aliphatic rings. The number of fused-ring (bicyclic) bond motifs is 1. The van der Waals surface area contributed by atoms with Crippen LogP contribution in [0.2, 0.25) is 0 Å². The first-order valence-corrected chi connectivity index (χ1v) is 8.09. The second-order valence-electron chi connectivity index (χ2n) is 5.41. The number of carbonyl (C=O) groups is 1. The van der Waals surface area contributed by atoms with Crippen LogP contribution in [0.3, 0.4) is 0 Å². The lowest BCUT2D eigenvalue weighted by molar-refractivity contribution is 0.0701. The highest BCUT2D eigenvalue weighted by Gasteiger charge is 2.18. The molecule has 1 aromatic carbocycles. The van der Waals surface area contributed by atoms with Crippen LogP contribution in [0.4, 0.5) is 0 Å². The Balaban J connectivity index is 1.67. The third-order valence-electron chi connectivity index (χ3n) is 3.95. The van der Waals surface area contributed by atoms with Crippen molar-refractivity contribution in [2.24, 2.45) is 5.92 Å². The van der Waals surface area contributed by atoms with Gasteiger partial charge >= 0.3 is 5.97 Å². The molecule has 2 aromatic rings. The fraction of sp³-hybridized carbons (Fsp3) is 0.438. The molecule has 0 aliphatic carbocycles. The van der Waals surface area contributed by atoms with E-state index in [1.165, 1.54) is 11.3 Å². The smallest absolute Gasteiger partial charge is 0.346 e. The predicted molar refractivity (Wildman–Crippen MR) is 84.0 cm³/mol. The normalized spacial score (nSPS) is 18.4. The van der Waals surface area contributed by atoms with Crippen LogP contribution in [0.25, 0.3) is 10.1 Å². The summed E-state index contributed by atoms with van der Waals surface area (Å²) in [4.78, 5) is 11.9. The van der Waals surface area contributed by atoms with Gasteiger partial charge in [0.15, 0.2) is 0 Å². The molecule has 1 saturated heterocycles. The first kappa shape index (κ1) is 14.5. The second-order valence-corrected chi connectivity index (χ2v) is 6.46. The number of carboxylic acid groups (broad SMARTS) is 1. The van der Waals surface area contributed by atoms with Crippen LogP contribution in [0.15, 0.2) is 24.3 Å². The number of carboxylic acids is 1. The summed E-state index contributed by atoms with van der Waals surface area (Å²) in [5.74, 6) is -0.187. The Kier molecular flexibility index (Phi) is 4.53. The van der Waals surface area contributed by atoms with Gasteiger partial charge in [-0.3, -0.25) is 0 Å². The van der Waals surface area contributed by atoms with E-state index in [1.54, 1.807) is 0 Å². The fourth-order valence-electron chi connectivity index (χ4n) is 2.78. The van der Waals surface area contributed by atoms with Crippen molar-refractivity contribution in [3.63, 3.8) is 0 Å². The van der Waals surface area contributed by atoms with Gasteiger partial charge in [0.05, 0.1) is 0 Å². The van der Waals surface area contributed by atoms with Gasteiger partial charge in [-0.1, -0.05) is 18.2 Å². The van der Waals surface area contributed by atoms with Gasteiger partial charge in [-0.2, -0.15) is 0 Å².